The third-order valence-corrected chi connectivity index (χ3v) is 1.62. The van der Waals surface area contributed by atoms with E-state index in [0.29, 0.717) is 5.92 Å². The van der Waals surface area contributed by atoms with Crippen LogP contribution in [0.5, 0.6) is 0 Å². The molecule has 1 heterocycles. The maximum absolute atomic E-state index is 5.21. The predicted octanol–water partition coefficient (Wildman–Crippen LogP) is 2.16. The zero-order valence-electron chi connectivity index (χ0n) is 5.53. The fourth-order valence-corrected chi connectivity index (χ4v) is 1.08. The molecule has 0 aromatic heterocycles. The van der Waals surface area contributed by atoms with Gasteiger partial charge < -0.3 is 4.74 Å². The van der Waals surface area contributed by atoms with Crippen LogP contribution in [0.4, 0.5) is 0 Å². The Kier molecular flexibility index (Phi) is 1.21. The lowest BCUT2D eigenvalue weighted by molar-refractivity contribution is 0.354. The van der Waals surface area contributed by atoms with Crippen molar-refractivity contribution in [1.29, 1.82) is 0 Å². The smallest absolute Gasteiger partial charge is 0.114 e. The molecule has 1 aliphatic heterocycles. The van der Waals surface area contributed by atoms with Gasteiger partial charge in [-0.2, -0.15) is 0 Å². The molecule has 0 bridgehead atoms. The summed E-state index contributed by atoms with van der Waals surface area (Å²) in [7, 11) is 0. The molecule has 50 valence electrons. The summed E-state index contributed by atoms with van der Waals surface area (Å²) in [5.74, 6) is 1.39. The fraction of sp³-hybridized carbons (Fsp3) is 0.111. The van der Waals surface area contributed by atoms with E-state index >= 15 is 0 Å². The Bertz CT molecular complexity index is 243. The third-order valence-electron chi connectivity index (χ3n) is 1.62. The van der Waals surface area contributed by atoms with Crippen LogP contribution in [0.25, 0.3) is 0 Å². The Labute approximate surface area is 60.0 Å². The predicted molar refractivity (Wildman–Crippen MR) is 40.1 cm³/mol. The number of ether oxygens (including phenoxy) is 1. The van der Waals surface area contributed by atoms with Crippen molar-refractivity contribution in [2.75, 3.05) is 0 Å². The Balaban J connectivity index is 2.35. The normalized spacial score (nSPS) is 27.2. The van der Waals surface area contributed by atoms with Crippen LogP contribution in [0.2, 0.25) is 0 Å². The van der Waals surface area contributed by atoms with Crippen molar-refractivity contribution in [3.05, 3.63) is 48.5 Å². The minimum atomic E-state index is 0.370. The number of fused-ring (bicyclic) bond motifs is 1. The van der Waals surface area contributed by atoms with Crippen LogP contribution in [0.1, 0.15) is 0 Å². The van der Waals surface area contributed by atoms with Gasteiger partial charge in [-0.25, -0.2) is 0 Å². The molecule has 0 saturated carbocycles. The largest absolute Gasteiger partial charge is 0.469 e. The topological polar surface area (TPSA) is 9.23 Å². The zero-order valence-corrected chi connectivity index (χ0v) is 5.53. The number of allylic oxidation sites excluding steroid dienone is 5. The number of rotatable bonds is 0. The van der Waals surface area contributed by atoms with Crippen molar-refractivity contribution in [1.82, 2.24) is 0 Å². The first-order valence-corrected chi connectivity index (χ1v) is 3.35. The average Bonchev–Trinajstić information content (AvgIpc) is 2.28. The molecule has 1 unspecified atom stereocenters. The van der Waals surface area contributed by atoms with E-state index in [9.17, 15) is 0 Å². The van der Waals surface area contributed by atoms with Gasteiger partial charge in [0.25, 0.3) is 0 Å². The summed E-state index contributed by atoms with van der Waals surface area (Å²) < 4.78 is 5.21. The molecular weight excluding hydrogens is 124 g/mol. The maximum Gasteiger partial charge on any atom is 0.114 e. The van der Waals surface area contributed by atoms with Crippen molar-refractivity contribution >= 4 is 0 Å². The fourth-order valence-electron chi connectivity index (χ4n) is 1.08. The Morgan fingerprint density at radius 3 is 3.10 bits per heavy atom. The van der Waals surface area contributed by atoms with Gasteiger partial charge >= 0.3 is 0 Å². The molecule has 1 heteroatoms. The van der Waals surface area contributed by atoms with E-state index in [0.717, 1.165) is 5.76 Å². The summed E-state index contributed by atoms with van der Waals surface area (Å²) in [5, 5.41) is 0. The molecule has 0 N–H and O–H groups in total. The van der Waals surface area contributed by atoms with Crippen LogP contribution in [0.3, 0.4) is 0 Å². The second-order valence-corrected chi connectivity index (χ2v) is 2.31. The van der Waals surface area contributed by atoms with E-state index in [2.05, 4.69) is 6.08 Å². The average molecular weight is 132 g/mol. The molecule has 2 rings (SSSR count). The van der Waals surface area contributed by atoms with Gasteiger partial charge in [0.1, 0.15) is 5.76 Å². The monoisotopic (exact) mass is 132 g/mol. The summed E-state index contributed by atoms with van der Waals surface area (Å²) in [6, 6.07) is 0. The Hall–Kier alpha value is -1.24. The highest BCUT2D eigenvalue weighted by Crippen LogP contribution is 2.23. The minimum absolute atomic E-state index is 0.370. The van der Waals surface area contributed by atoms with Crippen molar-refractivity contribution in [2.24, 2.45) is 5.92 Å². The lowest BCUT2D eigenvalue weighted by atomic mass is 10.1. The van der Waals surface area contributed by atoms with E-state index in [-0.39, 0.29) is 0 Å². The molecular formula is C9H8O. The first-order chi connectivity index (χ1) is 4.97. The zero-order chi connectivity index (χ0) is 6.81. The van der Waals surface area contributed by atoms with E-state index in [1.165, 1.54) is 0 Å². The highest BCUT2D eigenvalue weighted by molar-refractivity contribution is 5.29. The summed E-state index contributed by atoms with van der Waals surface area (Å²) in [4.78, 5) is 0. The molecule has 0 aromatic rings. The second kappa shape index (κ2) is 2.18. The lowest BCUT2D eigenvalue weighted by Gasteiger charge is -2.00. The van der Waals surface area contributed by atoms with Gasteiger partial charge in [-0.05, 0) is 12.2 Å². The van der Waals surface area contributed by atoms with Crippen LogP contribution in [-0.2, 0) is 4.74 Å². The van der Waals surface area contributed by atoms with Crippen molar-refractivity contribution < 1.29 is 4.74 Å². The van der Waals surface area contributed by atoms with Gasteiger partial charge in [0, 0.05) is 0 Å². The SMILES string of the molecule is C1=CC=C2OC=CC2C=C1. The van der Waals surface area contributed by atoms with Crippen molar-refractivity contribution in [3.63, 3.8) is 0 Å². The molecule has 10 heavy (non-hydrogen) atoms. The van der Waals surface area contributed by atoms with Crippen molar-refractivity contribution in [2.45, 2.75) is 0 Å². The third kappa shape index (κ3) is 0.798. The first-order valence-electron chi connectivity index (χ1n) is 3.35. The Morgan fingerprint density at radius 1 is 1.10 bits per heavy atom. The highest BCUT2D eigenvalue weighted by Gasteiger charge is 2.13. The summed E-state index contributed by atoms with van der Waals surface area (Å²) >= 11 is 0. The molecule has 0 fully saturated rings. The Morgan fingerprint density at radius 2 is 2.10 bits per heavy atom. The van der Waals surface area contributed by atoms with E-state index in [1.807, 2.05) is 30.4 Å². The van der Waals surface area contributed by atoms with Crippen LogP contribution in [-0.4, -0.2) is 0 Å². The lowest BCUT2D eigenvalue weighted by Crippen LogP contribution is -1.90. The van der Waals surface area contributed by atoms with Gasteiger partial charge in [0.2, 0.25) is 0 Å². The van der Waals surface area contributed by atoms with Gasteiger partial charge in [-0.3, -0.25) is 0 Å². The molecule has 0 radical (unpaired) electrons. The molecule has 0 spiro atoms. The van der Waals surface area contributed by atoms with E-state index < -0.39 is 0 Å². The van der Waals surface area contributed by atoms with E-state index in [1.54, 1.807) is 6.26 Å². The van der Waals surface area contributed by atoms with Crippen LogP contribution >= 0.6 is 0 Å². The number of hydrogen-bond acceptors (Lipinski definition) is 1. The van der Waals surface area contributed by atoms with Crippen LogP contribution in [0.15, 0.2) is 48.5 Å². The molecule has 1 aliphatic carbocycles. The second-order valence-electron chi connectivity index (χ2n) is 2.31. The summed E-state index contributed by atoms with van der Waals surface area (Å²) in [6.07, 6.45) is 13.9. The molecule has 0 amide bonds. The van der Waals surface area contributed by atoms with Crippen LogP contribution < -0.4 is 0 Å². The molecule has 0 aromatic carbocycles. The highest BCUT2D eigenvalue weighted by atomic mass is 16.5. The van der Waals surface area contributed by atoms with Gasteiger partial charge in [0.05, 0.1) is 12.2 Å². The molecule has 1 nitrogen and oxygen atoms in total. The van der Waals surface area contributed by atoms with Gasteiger partial charge in [0.15, 0.2) is 0 Å². The minimum Gasteiger partial charge on any atom is -0.469 e. The van der Waals surface area contributed by atoms with Gasteiger partial charge in [-0.1, -0.05) is 24.3 Å². The van der Waals surface area contributed by atoms with Crippen LogP contribution in [0, 0.1) is 5.92 Å². The summed E-state index contributed by atoms with van der Waals surface area (Å²) in [5.41, 5.74) is 0. The quantitative estimate of drug-likeness (QED) is 0.490. The molecule has 1 atom stereocenters. The van der Waals surface area contributed by atoms with Gasteiger partial charge in [-0.15, -0.1) is 0 Å². The van der Waals surface area contributed by atoms with E-state index in [4.69, 9.17) is 4.74 Å². The number of hydrogen-bond donors (Lipinski definition) is 0. The molecule has 2 aliphatic rings. The van der Waals surface area contributed by atoms with Crippen molar-refractivity contribution in [3.8, 4) is 0 Å². The summed E-state index contributed by atoms with van der Waals surface area (Å²) in [6.45, 7) is 0. The molecule has 0 saturated heterocycles. The first kappa shape index (κ1) is 5.54. The standard InChI is InChI=1S/C9H8O/c1-2-4-8-6-7-10-9(8)5-3-1/h1-8H. The maximum atomic E-state index is 5.21.